The van der Waals surface area contributed by atoms with Gasteiger partial charge in [0.05, 0.1) is 35.3 Å². The Labute approximate surface area is 232 Å². The Morgan fingerprint density at radius 3 is 2.65 bits per heavy atom. The number of benzene rings is 2. The average Bonchev–Trinajstić information content (AvgIpc) is 3.24. The Morgan fingerprint density at radius 1 is 1.23 bits per heavy atom. The lowest BCUT2D eigenvalue weighted by Gasteiger charge is -2.37. The largest absolute Gasteiger partial charge is 0.484 e. The second-order valence-corrected chi connectivity index (χ2v) is 11.5. The Morgan fingerprint density at radius 2 is 2.00 bits per heavy atom. The molecule has 0 bridgehead atoms. The highest BCUT2D eigenvalue weighted by Gasteiger charge is 2.40. The molecule has 0 spiro atoms. The summed E-state index contributed by atoms with van der Waals surface area (Å²) in [7, 11) is -4.29. The Hall–Kier alpha value is -4.31. The number of rotatable bonds is 10. The third kappa shape index (κ3) is 5.81. The summed E-state index contributed by atoms with van der Waals surface area (Å²) in [5.74, 6) is -0.441. The first kappa shape index (κ1) is 28.7. The van der Waals surface area contributed by atoms with E-state index in [9.17, 15) is 33.2 Å². The molecule has 1 fully saturated rings. The standard InChI is InChI=1S/C27H30N4O8S/c1-3-4-5-7-18(2)31(26(33)34)20-10-11-24-23(13-20)30(40(36,37)22-9-6-8-19(12-22)14-28)16-21(39-24)15-29-25(32)17-38-27(29)35/h6,8-13,18,21H,3-5,7,15-17H2,1-2H3,(H,33,34)/t18?,21-/m0/s1. The number of nitrogens with zero attached hydrogens (tertiary/aromatic N) is 4. The SMILES string of the molecule is CCCCCC(C)N(C(=O)O)c1ccc2c(c1)N(S(=O)(=O)c1cccc(C#N)c1)C[C@H](CN1C(=O)COC1=O)O2. The highest BCUT2D eigenvalue weighted by Crippen LogP contribution is 2.40. The number of unbranched alkanes of at least 4 members (excludes halogenated alkanes) is 2. The summed E-state index contributed by atoms with van der Waals surface area (Å²) in [6.07, 6.45) is 0.435. The molecule has 0 aromatic heterocycles. The van der Waals surface area contributed by atoms with Gasteiger partial charge in [0.25, 0.3) is 15.9 Å². The highest BCUT2D eigenvalue weighted by atomic mass is 32.2. The second kappa shape index (κ2) is 11.8. The average molecular weight is 571 g/mol. The lowest BCUT2D eigenvalue weighted by Crippen LogP contribution is -2.49. The number of ether oxygens (including phenoxy) is 2. The van der Waals surface area contributed by atoms with Crippen LogP contribution >= 0.6 is 0 Å². The van der Waals surface area contributed by atoms with Gasteiger partial charge in [-0.05, 0) is 49.7 Å². The van der Waals surface area contributed by atoms with Crippen LogP contribution in [0, 0.1) is 11.3 Å². The molecule has 2 heterocycles. The van der Waals surface area contributed by atoms with Crippen molar-refractivity contribution < 1.29 is 37.4 Å². The molecule has 2 aromatic rings. The third-order valence-electron chi connectivity index (χ3n) is 6.80. The zero-order valence-electron chi connectivity index (χ0n) is 22.1. The number of hydrogen-bond acceptors (Lipinski definition) is 8. The van der Waals surface area contributed by atoms with Crippen molar-refractivity contribution in [2.45, 2.75) is 56.6 Å². The van der Waals surface area contributed by atoms with Crippen molar-refractivity contribution in [3.8, 4) is 11.8 Å². The molecule has 0 saturated carbocycles. The van der Waals surface area contributed by atoms with Gasteiger partial charge in [-0.15, -0.1) is 0 Å². The first-order chi connectivity index (χ1) is 19.1. The molecule has 2 atom stereocenters. The van der Waals surface area contributed by atoms with E-state index in [4.69, 9.17) is 9.47 Å². The van der Waals surface area contributed by atoms with E-state index in [2.05, 4.69) is 6.92 Å². The van der Waals surface area contributed by atoms with Gasteiger partial charge in [-0.2, -0.15) is 5.26 Å². The molecule has 2 aliphatic heterocycles. The molecular weight excluding hydrogens is 540 g/mol. The van der Waals surface area contributed by atoms with E-state index in [0.29, 0.717) is 6.42 Å². The number of imide groups is 1. The molecule has 40 heavy (non-hydrogen) atoms. The maximum atomic E-state index is 13.9. The molecule has 4 rings (SSSR count). The minimum atomic E-state index is -4.29. The first-order valence-corrected chi connectivity index (χ1v) is 14.3. The van der Waals surface area contributed by atoms with Gasteiger partial charge < -0.3 is 14.6 Å². The Kier molecular flexibility index (Phi) is 8.49. The molecule has 1 unspecified atom stereocenters. The van der Waals surface area contributed by atoms with Gasteiger partial charge in [0.2, 0.25) is 0 Å². The van der Waals surface area contributed by atoms with E-state index in [1.807, 2.05) is 6.07 Å². The van der Waals surface area contributed by atoms with E-state index in [1.54, 1.807) is 6.92 Å². The van der Waals surface area contributed by atoms with Gasteiger partial charge in [-0.25, -0.2) is 22.9 Å². The molecule has 2 aromatic carbocycles. The minimum absolute atomic E-state index is 0.0958. The Balaban J connectivity index is 1.76. The van der Waals surface area contributed by atoms with Crippen molar-refractivity contribution >= 4 is 39.5 Å². The van der Waals surface area contributed by atoms with Crippen molar-refractivity contribution in [3.63, 3.8) is 0 Å². The molecule has 3 amide bonds. The number of carbonyl (C=O) groups excluding carboxylic acids is 2. The fraction of sp³-hybridized carbons (Fsp3) is 0.407. The van der Waals surface area contributed by atoms with Crippen LogP contribution < -0.4 is 13.9 Å². The van der Waals surface area contributed by atoms with E-state index < -0.39 is 40.8 Å². The number of cyclic esters (lactones) is 1. The van der Waals surface area contributed by atoms with E-state index >= 15 is 0 Å². The molecule has 0 radical (unpaired) electrons. The van der Waals surface area contributed by atoms with Crippen molar-refractivity contribution in [2.24, 2.45) is 0 Å². The van der Waals surface area contributed by atoms with Gasteiger partial charge in [0, 0.05) is 11.7 Å². The monoisotopic (exact) mass is 570 g/mol. The number of anilines is 2. The quantitative estimate of drug-likeness (QED) is 0.418. The lowest BCUT2D eigenvalue weighted by molar-refractivity contribution is -0.126. The Bertz CT molecular complexity index is 1440. The van der Waals surface area contributed by atoms with E-state index in [-0.39, 0.29) is 46.7 Å². The minimum Gasteiger partial charge on any atom is -0.484 e. The summed E-state index contributed by atoms with van der Waals surface area (Å²) in [6.45, 7) is 2.91. The summed E-state index contributed by atoms with van der Waals surface area (Å²) < 4.78 is 39.6. The molecule has 1 saturated heterocycles. The number of amides is 3. The molecule has 212 valence electrons. The predicted octanol–water partition coefficient (Wildman–Crippen LogP) is 3.95. The topological polar surface area (TPSA) is 158 Å². The molecule has 12 nitrogen and oxygen atoms in total. The first-order valence-electron chi connectivity index (χ1n) is 12.9. The van der Waals surface area contributed by atoms with Crippen LogP contribution in [0.5, 0.6) is 5.75 Å². The van der Waals surface area contributed by atoms with Crippen LogP contribution in [-0.2, 0) is 19.6 Å². The lowest BCUT2D eigenvalue weighted by atomic mass is 10.1. The fourth-order valence-electron chi connectivity index (χ4n) is 4.76. The number of sulfonamides is 1. The van der Waals surface area contributed by atoms with E-state index in [0.717, 1.165) is 28.5 Å². The predicted molar refractivity (Wildman–Crippen MR) is 144 cm³/mol. The molecule has 2 aliphatic rings. The number of carboxylic acid groups (broad SMARTS) is 1. The van der Waals surface area contributed by atoms with Crippen LogP contribution in [0.4, 0.5) is 21.0 Å². The van der Waals surface area contributed by atoms with Gasteiger partial charge in [0.1, 0.15) is 11.9 Å². The summed E-state index contributed by atoms with van der Waals surface area (Å²) in [5, 5.41) is 19.3. The zero-order chi connectivity index (χ0) is 29.0. The highest BCUT2D eigenvalue weighted by molar-refractivity contribution is 7.92. The summed E-state index contributed by atoms with van der Waals surface area (Å²) in [6, 6.07) is 11.5. The molecule has 0 aliphatic carbocycles. The molecule has 1 N–H and O–H groups in total. The van der Waals surface area contributed by atoms with Gasteiger partial charge >= 0.3 is 12.2 Å². The fourth-order valence-corrected chi connectivity index (χ4v) is 6.30. The van der Waals surface area contributed by atoms with Crippen LogP contribution in [0.3, 0.4) is 0 Å². The smallest absolute Gasteiger partial charge is 0.417 e. The number of fused-ring (bicyclic) bond motifs is 1. The van der Waals surface area contributed by atoms with Gasteiger partial charge in [-0.1, -0.05) is 32.3 Å². The van der Waals surface area contributed by atoms with Crippen LogP contribution in [-0.4, -0.2) is 68.4 Å². The van der Waals surface area contributed by atoms with Crippen molar-refractivity contribution in [1.29, 1.82) is 5.26 Å². The summed E-state index contributed by atoms with van der Waals surface area (Å²) in [5.41, 5.74) is 0.503. The van der Waals surface area contributed by atoms with E-state index in [1.165, 1.54) is 47.4 Å². The van der Waals surface area contributed by atoms with Crippen molar-refractivity contribution in [3.05, 3.63) is 48.0 Å². The summed E-state index contributed by atoms with van der Waals surface area (Å²) in [4.78, 5) is 38.3. The van der Waals surface area contributed by atoms with Crippen LogP contribution in [0.25, 0.3) is 0 Å². The molecule has 13 heteroatoms. The number of nitriles is 1. The maximum Gasteiger partial charge on any atom is 0.417 e. The van der Waals surface area contributed by atoms with Crippen molar-refractivity contribution in [2.75, 3.05) is 28.9 Å². The molecular formula is C27H30N4O8S. The zero-order valence-corrected chi connectivity index (χ0v) is 23.0. The van der Waals surface area contributed by atoms with Crippen molar-refractivity contribution in [1.82, 2.24) is 4.90 Å². The van der Waals surface area contributed by atoms with Crippen LogP contribution in [0.1, 0.15) is 45.1 Å². The maximum absolute atomic E-state index is 13.9. The second-order valence-electron chi connectivity index (χ2n) is 9.62. The third-order valence-corrected chi connectivity index (χ3v) is 8.58. The van der Waals surface area contributed by atoms with Gasteiger partial charge in [-0.3, -0.25) is 14.0 Å². The summed E-state index contributed by atoms with van der Waals surface area (Å²) >= 11 is 0. The van der Waals surface area contributed by atoms with Crippen LogP contribution in [0.2, 0.25) is 0 Å². The normalized spacial score (nSPS) is 17.5. The number of carbonyl (C=O) groups is 3. The number of hydrogen-bond donors (Lipinski definition) is 1. The van der Waals surface area contributed by atoms with Crippen LogP contribution in [0.15, 0.2) is 47.4 Å². The van der Waals surface area contributed by atoms with Gasteiger partial charge in [0.15, 0.2) is 6.61 Å².